The van der Waals surface area contributed by atoms with Crippen molar-refractivity contribution in [2.24, 2.45) is 0 Å². The first-order chi connectivity index (χ1) is 9.24. The summed E-state index contributed by atoms with van der Waals surface area (Å²) in [5, 5.41) is 0. The van der Waals surface area contributed by atoms with Crippen molar-refractivity contribution in [2.75, 3.05) is 19.6 Å². The lowest BCUT2D eigenvalue weighted by Crippen LogP contribution is -2.21. The van der Waals surface area contributed by atoms with Crippen LogP contribution in [0.25, 0.3) is 11.0 Å². The van der Waals surface area contributed by atoms with Gasteiger partial charge in [0.25, 0.3) is 0 Å². The zero-order valence-electron chi connectivity index (χ0n) is 11.4. The Morgan fingerprint density at radius 3 is 2.79 bits per heavy atom. The predicted molar refractivity (Wildman–Crippen MR) is 82.5 cm³/mol. The monoisotopic (exact) mass is 321 g/mol. The van der Waals surface area contributed by atoms with Gasteiger partial charge in [0.1, 0.15) is 5.82 Å². The Morgan fingerprint density at radius 1 is 1.21 bits per heavy atom. The fraction of sp³-hybridized carbons (Fsp3) is 0.533. The second kappa shape index (κ2) is 5.63. The van der Waals surface area contributed by atoms with Gasteiger partial charge in [-0.3, -0.25) is 0 Å². The summed E-state index contributed by atoms with van der Waals surface area (Å²) in [4.78, 5) is 7.21. The van der Waals surface area contributed by atoms with Gasteiger partial charge < -0.3 is 9.47 Å². The molecule has 2 aromatic rings. The number of likely N-dealkylation sites (tertiary alicyclic amines) is 1. The third-order valence-corrected chi connectivity index (χ3v) is 4.45. The molecular weight excluding hydrogens is 302 g/mol. The summed E-state index contributed by atoms with van der Waals surface area (Å²) in [5.74, 6) is 1.12. The minimum absolute atomic E-state index is 1.06. The molecule has 1 saturated heterocycles. The van der Waals surface area contributed by atoms with E-state index in [1.807, 2.05) is 0 Å². The van der Waals surface area contributed by atoms with Crippen molar-refractivity contribution >= 4 is 27.0 Å². The minimum Gasteiger partial charge on any atom is -0.328 e. The number of hydrogen-bond acceptors (Lipinski definition) is 2. The Morgan fingerprint density at radius 2 is 2.00 bits per heavy atom. The van der Waals surface area contributed by atoms with Crippen LogP contribution < -0.4 is 0 Å². The molecule has 0 aliphatic carbocycles. The van der Waals surface area contributed by atoms with E-state index in [-0.39, 0.29) is 0 Å². The van der Waals surface area contributed by atoms with Gasteiger partial charge in [-0.05, 0) is 64.0 Å². The molecule has 4 heteroatoms. The van der Waals surface area contributed by atoms with Crippen LogP contribution in [0.1, 0.15) is 25.1 Å². The lowest BCUT2D eigenvalue weighted by Gasteiger charge is -2.15. The van der Waals surface area contributed by atoms with Gasteiger partial charge in [-0.2, -0.15) is 0 Å². The number of benzene rings is 1. The highest BCUT2D eigenvalue weighted by atomic mass is 79.9. The van der Waals surface area contributed by atoms with Crippen molar-refractivity contribution in [3.63, 3.8) is 0 Å². The van der Waals surface area contributed by atoms with E-state index in [9.17, 15) is 0 Å². The van der Waals surface area contributed by atoms with Crippen LogP contribution in [0.4, 0.5) is 0 Å². The van der Waals surface area contributed by atoms with E-state index in [4.69, 9.17) is 0 Å². The van der Waals surface area contributed by atoms with Crippen LogP contribution >= 0.6 is 15.9 Å². The van der Waals surface area contributed by atoms with Crippen LogP contribution in [0.3, 0.4) is 0 Å². The summed E-state index contributed by atoms with van der Waals surface area (Å²) in [6.45, 7) is 6.95. The molecule has 102 valence electrons. The predicted octanol–water partition coefficient (Wildman–Crippen LogP) is 3.59. The topological polar surface area (TPSA) is 21.1 Å². The molecule has 0 bridgehead atoms. The molecule has 0 spiro atoms. The largest absolute Gasteiger partial charge is 0.328 e. The van der Waals surface area contributed by atoms with E-state index < -0.39 is 0 Å². The summed E-state index contributed by atoms with van der Waals surface area (Å²) in [6.07, 6.45) is 3.96. The summed E-state index contributed by atoms with van der Waals surface area (Å²) in [7, 11) is 0. The number of nitrogens with zero attached hydrogens (tertiary/aromatic N) is 3. The van der Waals surface area contributed by atoms with Crippen LogP contribution in [-0.4, -0.2) is 34.1 Å². The molecule has 0 atom stereocenters. The Labute approximate surface area is 122 Å². The van der Waals surface area contributed by atoms with Crippen LogP contribution in [0.5, 0.6) is 0 Å². The number of halogens is 1. The molecule has 1 aliphatic heterocycles. The zero-order valence-corrected chi connectivity index (χ0v) is 13.0. The molecule has 1 aromatic heterocycles. The second-order valence-electron chi connectivity index (χ2n) is 5.35. The third kappa shape index (κ3) is 2.84. The third-order valence-electron chi connectivity index (χ3n) is 3.96. The lowest BCUT2D eigenvalue weighted by atomic mass is 10.3. The highest BCUT2D eigenvalue weighted by molar-refractivity contribution is 9.10. The molecule has 0 N–H and O–H groups in total. The first-order valence-electron chi connectivity index (χ1n) is 7.09. The van der Waals surface area contributed by atoms with Crippen molar-refractivity contribution in [2.45, 2.75) is 32.7 Å². The smallest absolute Gasteiger partial charge is 0.106 e. The number of aromatic nitrogens is 2. The molecule has 3 nitrogen and oxygen atoms in total. The minimum atomic E-state index is 1.06. The molecule has 1 fully saturated rings. The number of hydrogen-bond donors (Lipinski definition) is 0. The van der Waals surface area contributed by atoms with Gasteiger partial charge >= 0.3 is 0 Å². The van der Waals surface area contributed by atoms with Crippen LogP contribution in [-0.2, 0) is 6.54 Å². The first-order valence-corrected chi connectivity index (χ1v) is 7.88. The molecule has 1 aromatic carbocycles. The van der Waals surface area contributed by atoms with Gasteiger partial charge in [-0.1, -0.05) is 15.9 Å². The SMILES string of the molecule is Cc1nc2ccc(Br)cc2n1CCCN1CCCC1. The van der Waals surface area contributed by atoms with E-state index in [1.54, 1.807) is 0 Å². The average molecular weight is 322 g/mol. The number of aryl methyl sites for hydroxylation is 2. The van der Waals surface area contributed by atoms with E-state index in [0.29, 0.717) is 0 Å². The van der Waals surface area contributed by atoms with E-state index >= 15 is 0 Å². The highest BCUT2D eigenvalue weighted by Gasteiger charge is 2.12. The molecule has 0 amide bonds. The van der Waals surface area contributed by atoms with Gasteiger partial charge in [0.15, 0.2) is 0 Å². The van der Waals surface area contributed by atoms with E-state index in [2.05, 4.69) is 55.5 Å². The Bertz CT molecular complexity index is 570. The van der Waals surface area contributed by atoms with Gasteiger partial charge in [0, 0.05) is 11.0 Å². The van der Waals surface area contributed by atoms with E-state index in [0.717, 1.165) is 22.4 Å². The highest BCUT2D eigenvalue weighted by Crippen LogP contribution is 2.21. The van der Waals surface area contributed by atoms with Gasteiger partial charge in [-0.15, -0.1) is 0 Å². The fourth-order valence-electron chi connectivity index (χ4n) is 2.96. The number of fused-ring (bicyclic) bond motifs is 1. The molecule has 3 rings (SSSR count). The molecule has 1 aliphatic rings. The lowest BCUT2D eigenvalue weighted by molar-refractivity contribution is 0.325. The summed E-state index contributed by atoms with van der Waals surface area (Å²) in [5.41, 5.74) is 2.34. The summed E-state index contributed by atoms with van der Waals surface area (Å²) >= 11 is 3.55. The quantitative estimate of drug-likeness (QED) is 0.858. The zero-order chi connectivity index (χ0) is 13.2. The average Bonchev–Trinajstić information content (AvgIpc) is 2.99. The molecule has 0 unspecified atom stereocenters. The second-order valence-corrected chi connectivity index (χ2v) is 6.26. The maximum absolute atomic E-state index is 4.63. The Hall–Kier alpha value is -0.870. The van der Waals surface area contributed by atoms with Crippen molar-refractivity contribution in [3.05, 3.63) is 28.5 Å². The first kappa shape index (κ1) is 13.1. The van der Waals surface area contributed by atoms with Crippen molar-refractivity contribution < 1.29 is 0 Å². The Balaban J connectivity index is 1.72. The van der Waals surface area contributed by atoms with Crippen molar-refractivity contribution in [1.29, 1.82) is 0 Å². The Kier molecular flexibility index (Phi) is 3.89. The van der Waals surface area contributed by atoms with Crippen LogP contribution in [0, 0.1) is 6.92 Å². The molecule has 2 heterocycles. The van der Waals surface area contributed by atoms with Crippen molar-refractivity contribution in [1.82, 2.24) is 14.5 Å². The molecule has 19 heavy (non-hydrogen) atoms. The normalized spacial score (nSPS) is 16.5. The van der Waals surface area contributed by atoms with Gasteiger partial charge in [-0.25, -0.2) is 4.98 Å². The fourth-order valence-corrected chi connectivity index (χ4v) is 3.31. The van der Waals surface area contributed by atoms with Crippen LogP contribution in [0.15, 0.2) is 22.7 Å². The maximum Gasteiger partial charge on any atom is 0.106 e. The van der Waals surface area contributed by atoms with Gasteiger partial charge in [0.2, 0.25) is 0 Å². The van der Waals surface area contributed by atoms with Gasteiger partial charge in [0.05, 0.1) is 11.0 Å². The van der Waals surface area contributed by atoms with Crippen molar-refractivity contribution in [3.8, 4) is 0 Å². The number of rotatable bonds is 4. The van der Waals surface area contributed by atoms with E-state index in [1.165, 1.54) is 44.4 Å². The number of imidazole rings is 1. The molecule has 0 radical (unpaired) electrons. The summed E-state index contributed by atoms with van der Waals surface area (Å²) in [6, 6.07) is 6.32. The standard InChI is InChI=1S/C15H20BrN3/c1-12-17-14-6-5-13(16)11-15(14)19(12)10-4-9-18-7-2-3-8-18/h5-6,11H,2-4,7-10H2,1H3. The molecule has 0 saturated carbocycles. The van der Waals surface area contributed by atoms with Crippen LogP contribution in [0.2, 0.25) is 0 Å². The summed E-state index contributed by atoms with van der Waals surface area (Å²) < 4.78 is 3.47. The molecular formula is C15H20BrN3. The maximum atomic E-state index is 4.63.